The molecule has 0 unspecified atom stereocenters. The van der Waals surface area contributed by atoms with Crippen LogP contribution in [0.1, 0.15) is 25.0 Å². The molecule has 2 rings (SSSR count). The second-order valence-electron chi connectivity index (χ2n) is 5.33. The molecule has 0 spiro atoms. The van der Waals surface area contributed by atoms with Crippen LogP contribution in [-0.4, -0.2) is 53.0 Å². The first kappa shape index (κ1) is 14.4. The summed E-state index contributed by atoms with van der Waals surface area (Å²) in [4.78, 5) is 18.9. The highest BCUT2D eigenvalue weighted by molar-refractivity contribution is 5.99. The number of benzene rings is 1. The van der Waals surface area contributed by atoms with Gasteiger partial charge in [0.1, 0.15) is 5.84 Å². The number of rotatable bonds is 4. The van der Waals surface area contributed by atoms with E-state index in [-0.39, 0.29) is 0 Å². The molecule has 1 aromatic carbocycles. The lowest BCUT2D eigenvalue weighted by Crippen LogP contribution is -2.34. The van der Waals surface area contributed by atoms with Crippen molar-refractivity contribution < 1.29 is 9.90 Å². The normalized spacial score (nSPS) is 14.6. The minimum atomic E-state index is -0.916. The van der Waals surface area contributed by atoms with Gasteiger partial charge in [-0.15, -0.1) is 0 Å². The fourth-order valence-corrected chi connectivity index (χ4v) is 2.32. The number of amides is 1. The Morgan fingerprint density at radius 2 is 2.05 bits per heavy atom. The van der Waals surface area contributed by atoms with Crippen LogP contribution in [0.15, 0.2) is 29.3 Å². The van der Waals surface area contributed by atoms with Gasteiger partial charge in [-0.3, -0.25) is 4.99 Å². The van der Waals surface area contributed by atoms with Crippen molar-refractivity contribution in [3.63, 3.8) is 0 Å². The maximum atomic E-state index is 10.8. The Bertz CT molecular complexity index is 508. The summed E-state index contributed by atoms with van der Waals surface area (Å²) in [5.41, 5.74) is 2.08. The van der Waals surface area contributed by atoms with Gasteiger partial charge in [-0.25, -0.2) is 4.79 Å². The molecule has 0 aliphatic carbocycles. The average Bonchev–Trinajstić information content (AvgIpc) is 2.88. The van der Waals surface area contributed by atoms with Crippen LogP contribution in [0.25, 0.3) is 0 Å². The average molecular weight is 275 g/mol. The predicted octanol–water partition coefficient (Wildman–Crippen LogP) is 2.27. The molecule has 1 aromatic rings. The summed E-state index contributed by atoms with van der Waals surface area (Å²) in [6, 6.07) is 8.41. The maximum absolute atomic E-state index is 10.8. The van der Waals surface area contributed by atoms with Crippen molar-refractivity contribution >= 4 is 11.9 Å². The molecule has 0 bridgehead atoms. The first-order valence-electron chi connectivity index (χ1n) is 6.83. The first-order valence-corrected chi connectivity index (χ1v) is 6.83. The summed E-state index contributed by atoms with van der Waals surface area (Å²) < 4.78 is 0. The minimum absolute atomic E-state index is 0.399. The van der Waals surface area contributed by atoms with Crippen LogP contribution in [-0.2, 0) is 6.54 Å². The molecular weight excluding hydrogens is 254 g/mol. The molecule has 0 fully saturated rings. The number of hydrogen-bond donors (Lipinski definition) is 1. The number of aliphatic imine (C=N–C) groups is 1. The second-order valence-corrected chi connectivity index (χ2v) is 5.33. The van der Waals surface area contributed by atoms with Crippen LogP contribution in [0.4, 0.5) is 4.79 Å². The van der Waals surface area contributed by atoms with Gasteiger partial charge >= 0.3 is 6.09 Å². The molecule has 0 atom stereocenters. The van der Waals surface area contributed by atoms with E-state index in [0.717, 1.165) is 30.1 Å². The van der Waals surface area contributed by atoms with E-state index in [4.69, 9.17) is 5.11 Å². The first-order chi connectivity index (χ1) is 9.49. The third-order valence-electron chi connectivity index (χ3n) is 3.46. The topological polar surface area (TPSA) is 56.1 Å². The Labute approximate surface area is 119 Å². The molecule has 0 radical (unpaired) electrons. The van der Waals surface area contributed by atoms with E-state index in [9.17, 15) is 4.79 Å². The van der Waals surface area contributed by atoms with E-state index in [1.54, 1.807) is 7.05 Å². The van der Waals surface area contributed by atoms with Crippen molar-refractivity contribution in [2.75, 3.05) is 20.1 Å². The molecule has 1 N–H and O–H groups in total. The van der Waals surface area contributed by atoms with Crippen molar-refractivity contribution in [3.05, 3.63) is 35.4 Å². The van der Waals surface area contributed by atoms with Crippen LogP contribution in [0, 0.1) is 0 Å². The SMILES string of the molecule is CC(C)N1CCN=C1c1ccc(CN(C)C(=O)O)cc1. The van der Waals surface area contributed by atoms with E-state index in [1.807, 2.05) is 24.3 Å². The van der Waals surface area contributed by atoms with E-state index in [0.29, 0.717) is 12.6 Å². The van der Waals surface area contributed by atoms with Gasteiger partial charge in [0.15, 0.2) is 0 Å². The highest BCUT2D eigenvalue weighted by atomic mass is 16.4. The van der Waals surface area contributed by atoms with Gasteiger partial charge in [0.2, 0.25) is 0 Å². The number of carboxylic acid groups (broad SMARTS) is 1. The Balaban J connectivity index is 2.10. The lowest BCUT2D eigenvalue weighted by molar-refractivity contribution is 0.154. The molecule has 1 aliphatic heterocycles. The van der Waals surface area contributed by atoms with E-state index in [2.05, 4.69) is 23.7 Å². The maximum Gasteiger partial charge on any atom is 0.407 e. The smallest absolute Gasteiger partial charge is 0.407 e. The van der Waals surface area contributed by atoms with Gasteiger partial charge in [-0.05, 0) is 19.4 Å². The zero-order valence-electron chi connectivity index (χ0n) is 12.2. The summed E-state index contributed by atoms with van der Waals surface area (Å²) in [7, 11) is 1.57. The lowest BCUT2D eigenvalue weighted by atomic mass is 10.1. The molecule has 20 heavy (non-hydrogen) atoms. The Hall–Kier alpha value is -2.04. The number of carbonyl (C=O) groups is 1. The van der Waals surface area contributed by atoms with Crippen LogP contribution in [0.2, 0.25) is 0 Å². The Morgan fingerprint density at radius 1 is 1.40 bits per heavy atom. The molecule has 5 heteroatoms. The lowest BCUT2D eigenvalue weighted by Gasteiger charge is -2.25. The molecule has 0 saturated heterocycles. The zero-order valence-corrected chi connectivity index (χ0v) is 12.2. The Kier molecular flexibility index (Phi) is 4.27. The fraction of sp³-hybridized carbons (Fsp3) is 0.467. The number of hydrogen-bond acceptors (Lipinski definition) is 3. The molecule has 108 valence electrons. The van der Waals surface area contributed by atoms with E-state index < -0.39 is 6.09 Å². The quantitative estimate of drug-likeness (QED) is 0.917. The van der Waals surface area contributed by atoms with Gasteiger partial charge in [0.25, 0.3) is 0 Å². The molecular formula is C15H21N3O2. The fourth-order valence-electron chi connectivity index (χ4n) is 2.32. The van der Waals surface area contributed by atoms with Gasteiger partial charge < -0.3 is 14.9 Å². The molecule has 1 aliphatic rings. The van der Waals surface area contributed by atoms with Crippen LogP contribution in [0.5, 0.6) is 0 Å². The molecule has 5 nitrogen and oxygen atoms in total. The third kappa shape index (κ3) is 3.10. The van der Waals surface area contributed by atoms with E-state index in [1.165, 1.54) is 4.90 Å². The molecule has 1 heterocycles. The van der Waals surface area contributed by atoms with E-state index >= 15 is 0 Å². The minimum Gasteiger partial charge on any atom is -0.465 e. The molecule has 1 amide bonds. The Morgan fingerprint density at radius 3 is 2.60 bits per heavy atom. The summed E-state index contributed by atoms with van der Waals surface area (Å²) >= 11 is 0. The van der Waals surface area contributed by atoms with Gasteiger partial charge in [-0.1, -0.05) is 24.3 Å². The van der Waals surface area contributed by atoms with Crippen molar-refractivity contribution in [2.45, 2.75) is 26.4 Å². The molecule has 0 aromatic heterocycles. The van der Waals surface area contributed by atoms with Gasteiger partial charge in [0, 0.05) is 31.7 Å². The largest absolute Gasteiger partial charge is 0.465 e. The highest BCUT2D eigenvalue weighted by Gasteiger charge is 2.20. The van der Waals surface area contributed by atoms with Gasteiger partial charge in [-0.2, -0.15) is 0 Å². The van der Waals surface area contributed by atoms with Gasteiger partial charge in [0.05, 0.1) is 6.54 Å². The zero-order chi connectivity index (χ0) is 14.7. The monoisotopic (exact) mass is 275 g/mol. The van der Waals surface area contributed by atoms with Crippen molar-refractivity contribution in [2.24, 2.45) is 4.99 Å². The van der Waals surface area contributed by atoms with Crippen molar-refractivity contribution in [1.29, 1.82) is 0 Å². The summed E-state index contributed by atoms with van der Waals surface area (Å²) in [6.07, 6.45) is -0.916. The third-order valence-corrected chi connectivity index (χ3v) is 3.46. The van der Waals surface area contributed by atoms with Crippen molar-refractivity contribution in [3.8, 4) is 0 Å². The van der Waals surface area contributed by atoms with Crippen LogP contribution in [0.3, 0.4) is 0 Å². The molecule has 0 saturated carbocycles. The predicted molar refractivity (Wildman–Crippen MR) is 79.2 cm³/mol. The van der Waals surface area contributed by atoms with Crippen LogP contribution >= 0.6 is 0 Å². The summed E-state index contributed by atoms with van der Waals surface area (Å²) in [5, 5.41) is 8.87. The second kappa shape index (κ2) is 5.94. The summed E-state index contributed by atoms with van der Waals surface area (Å²) in [6.45, 7) is 6.54. The number of amidine groups is 1. The van der Waals surface area contributed by atoms with Crippen LogP contribution < -0.4 is 0 Å². The standard InChI is InChI=1S/C15H21N3O2/c1-11(2)18-9-8-16-14(18)13-6-4-12(5-7-13)10-17(3)15(19)20/h4-7,11H,8-10H2,1-3H3,(H,19,20). The summed E-state index contributed by atoms with van der Waals surface area (Å²) in [5.74, 6) is 1.04. The van der Waals surface area contributed by atoms with Crippen molar-refractivity contribution in [1.82, 2.24) is 9.80 Å². The number of nitrogens with zero attached hydrogens (tertiary/aromatic N) is 3. The highest BCUT2D eigenvalue weighted by Crippen LogP contribution is 2.15.